The number of nitrogens with one attached hydrogen (secondary N) is 1. The molecule has 2 N–H and O–H groups in total. The van der Waals surface area contributed by atoms with E-state index in [-0.39, 0.29) is 24.1 Å². The SMILES string of the molecule is CCC(Cc1ccc2c(c1)OC(C(=O)OC)(C(=O)OC)O2)NCC(O)c1cccc(F)c1. The minimum atomic E-state index is -2.33. The van der Waals surface area contributed by atoms with Crippen molar-refractivity contribution in [2.75, 3.05) is 20.8 Å². The van der Waals surface area contributed by atoms with E-state index in [2.05, 4.69) is 14.8 Å². The van der Waals surface area contributed by atoms with Crippen LogP contribution in [0.25, 0.3) is 0 Å². The Morgan fingerprint density at radius 3 is 2.41 bits per heavy atom. The van der Waals surface area contributed by atoms with Gasteiger partial charge in [-0.15, -0.1) is 0 Å². The normalized spacial score (nSPS) is 15.7. The number of carbonyl (C=O) groups is 2. The lowest BCUT2D eigenvalue weighted by atomic mass is 10.0. The summed E-state index contributed by atoms with van der Waals surface area (Å²) >= 11 is 0. The van der Waals surface area contributed by atoms with Crippen molar-refractivity contribution in [3.05, 3.63) is 59.4 Å². The molecule has 0 fully saturated rings. The maximum atomic E-state index is 13.4. The number of halogens is 1. The number of hydrogen-bond donors (Lipinski definition) is 2. The molecule has 2 aromatic carbocycles. The zero-order valence-electron chi connectivity index (χ0n) is 18.1. The molecule has 172 valence electrons. The van der Waals surface area contributed by atoms with Gasteiger partial charge in [-0.05, 0) is 48.2 Å². The lowest BCUT2D eigenvalue weighted by Gasteiger charge is -2.21. The lowest BCUT2D eigenvalue weighted by Crippen LogP contribution is -2.55. The molecule has 0 saturated heterocycles. The first-order valence-electron chi connectivity index (χ1n) is 10.2. The number of rotatable bonds is 9. The van der Waals surface area contributed by atoms with Crippen molar-refractivity contribution in [1.82, 2.24) is 5.32 Å². The van der Waals surface area contributed by atoms with Crippen LogP contribution in [0.4, 0.5) is 4.39 Å². The standard InChI is InChI=1S/C23H26FNO7/c1-4-17(25-13-18(26)15-6-5-7-16(24)12-15)10-14-8-9-19-20(11-14)32-23(31-19,21(27)29-2)22(28)30-3/h5-9,11-12,17-18,25-26H,4,10,13H2,1-3H3. The molecule has 3 rings (SSSR count). The molecule has 0 spiro atoms. The number of hydrogen-bond acceptors (Lipinski definition) is 8. The Balaban J connectivity index is 1.67. The molecule has 1 aliphatic rings. The Labute approximate surface area is 185 Å². The van der Waals surface area contributed by atoms with Crippen molar-refractivity contribution in [2.45, 2.75) is 37.7 Å². The van der Waals surface area contributed by atoms with Crippen LogP contribution in [-0.4, -0.2) is 49.6 Å². The Morgan fingerprint density at radius 2 is 1.78 bits per heavy atom. The third-order valence-electron chi connectivity index (χ3n) is 5.23. The van der Waals surface area contributed by atoms with Gasteiger partial charge in [0.15, 0.2) is 11.5 Å². The molecule has 2 aromatic rings. The molecule has 9 heteroatoms. The summed E-state index contributed by atoms with van der Waals surface area (Å²) in [6.45, 7) is 2.25. The number of aliphatic hydroxyl groups is 1. The van der Waals surface area contributed by atoms with Gasteiger partial charge in [-0.25, -0.2) is 14.0 Å². The molecule has 0 bridgehead atoms. The first kappa shape index (κ1) is 23.5. The zero-order valence-corrected chi connectivity index (χ0v) is 18.1. The molecule has 2 unspecified atom stereocenters. The summed E-state index contributed by atoms with van der Waals surface area (Å²) in [6, 6.07) is 10.9. The average Bonchev–Trinajstić information content (AvgIpc) is 3.20. The maximum Gasteiger partial charge on any atom is 0.453 e. The van der Waals surface area contributed by atoms with Gasteiger partial charge >= 0.3 is 17.7 Å². The Hall–Kier alpha value is -3.17. The van der Waals surface area contributed by atoms with E-state index in [0.29, 0.717) is 12.0 Å². The first-order chi connectivity index (χ1) is 15.3. The summed E-state index contributed by atoms with van der Waals surface area (Å²) in [5.41, 5.74) is 1.36. The van der Waals surface area contributed by atoms with Gasteiger partial charge in [0.2, 0.25) is 0 Å². The minimum absolute atomic E-state index is 0.00421. The predicted molar refractivity (Wildman–Crippen MR) is 112 cm³/mol. The number of carbonyl (C=O) groups excluding carboxylic acids is 2. The van der Waals surface area contributed by atoms with Crippen LogP contribution in [0.3, 0.4) is 0 Å². The van der Waals surface area contributed by atoms with E-state index < -0.39 is 29.6 Å². The van der Waals surface area contributed by atoms with Gasteiger partial charge in [0.1, 0.15) is 5.82 Å². The molecule has 32 heavy (non-hydrogen) atoms. The van der Waals surface area contributed by atoms with Crippen molar-refractivity contribution in [1.29, 1.82) is 0 Å². The maximum absolute atomic E-state index is 13.4. The van der Waals surface area contributed by atoms with Gasteiger partial charge in [-0.1, -0.05) is 25.1 Å². The molecular formula is C23H26FNO7. The highest BCUT2D eigenvalue weighted by Gasteiger charge is 2.59. The van der Waals surface area contributed by atoms with Gasteiger partial charge in [0.05, 0.1) is 20.3 Å². The predicted octanol–water partition coefficient (Wildman–Crippen LogP) is 2.28. The van der Waals surface area contributed by atoms with Crippen LogP contribution in [0.1, 0.15) is 30.6 Å². The van der Waals surface area contributed by atoms with Gasteiger partial charge in [0.25, 0.3) is 0 Å². The Bertz CT molecular complexity index is 965. The number of benzene rings is 2. The third-order valence-corrected chi connectivity index (χ3v) is 5.23. The van der Waals surface area contributed by atoms with E-state index in [1.165, 1.54) is 12.1 Å². The quantitative estimate of drug-likeness (QED) is 0.446. The van der Waals surface area contributed by atoms with E-state index in [4.69, 9.17) is 9.47 Å². The van der Waals surface area contributed by atoms with E-state index >= 15 is 0 Å². The smallest absolute Gasteiger partial charge is 0.453 e. The van der Waals surface area contributed by atoms with Crippen LogP contribution in [0, 0.1) is 5.82 Å². The highest BCUT2D eigenvalue weighted by molar-refractivity contribution is 6.03. The van der Waals surface area contributed by atoms with Crippen molar-refractivity contribution in [2.24, 2.45) is 0 Å². The van der Waals surface area contributed by atoms with Crippen molar-refractivity contribution in [3.63, 3.8) is 0 Å². The molecule has 2 atom stereocenters. The molecule has 0 radical (unpaired) electrons. The first-order valence-corrected chi connectivity index (χ1v) is 10.2. The van der Waals surface area contributed by atoms with Gasteiger partial charge in [-0.2, -0.15) is 0 Å². The van der Waals surface area contributed by atoms with E-state index in [9.17, 15) is 19.1 Å². The van der Waals surface area contributed by atoms with E-state index in [0.717, 1.165) is 26.2 Å². The van der Waals surface area contributed by atoms with Crippen molar-refractivity contribution < 1.29 is 38.0 Å². The fourth-order valence-electron chi connectivity index (χ4n) is 3.45. The molecule has 0 amide bonds. The summed E-state index contributed by atoms with van der Waals surface area (Å²) in [4.78, 5) is 24.3. The molecule has 1 aliphatic heterocycles. The summed E-state index contributed by atoms with van der Waals surface area (Å²) in [7, 11) is 2.23. The summed E-state index contributed by atoms with van der Waals surface area (Å²) in [6.07, 6.45) is 0.489. The highest BCUT2D eigenvalue weighted by Crippen LogP contribution is 2.41. The Kier molecular flexibility index (Phi) is 7.32. The highest BCUT2D eigenvalue weighted by atomic mass is 19.1. The van der Waals surface area contributed by atoms with E-state index in [1.807, 2.05) is 6.92 Å². The van der Waals surface area contributed by atoms with E-state index in [1.54, 1.807) is 30.3 Å². The van der Waals surface area contributed by atoms with Crippen LogP contribution in [-0.2, 0) is 25.5 Å². The van der Waals surface area contributed by atoms with Crippen LogP contribution in [0.5, 0.6) is 11.5 Å². The minimum Gasteiger partial charge on any atom is -0.463 e. The number of methoxy groups -OCH3 is 2. The largest absolute Gasteiger partial charge is 0.463 e. The number of ether oxygens (including phenoxy) is 4. The average molecular weight is 447 g/mol. The van der Waals surface area contributed by atoms with Crippen molar-refractivity contribution >= 4 is 11.9 Å². The summed E-state index contributed by atoms with van der Waals surface area (Å²) in [5, 5.41) is 13.6. The molecule has 0 aliphatic carbocycles. The molecular weight excluding hydrogens is 421 g/mol. The van der Waals surface area contributed by atoms with Gasteiger partial charge in [0, 0.05) is 12.6 Å². The zero-order chi connectivity index (χ0) is 23.3. The second-order valence-electron chi connectivity index (χ2n) is 7.37. The van der Waals surface area contributed by atoms with Crippen LogP contribution in [0.2, 0.25) is 0 Å². The third kappa shape index (κ3) is 4.84. The van der Waals surface area contributed by atoms with Gasteiger partial charge < -0.3 is 29.4 Å². The lowest BCUT2D eigenvalue weighted by molar-refractivity contribution is -0.199. The van der Waals surface area contributed by atoms with Gasteiger partial charge in [-0.3, -0.25) is 0 Å². The molecule has 1 heterocycles. The fourth-order valence-corrected chi connectivity index (χ4v) is 3.45. The second-order valence-corrected chi connectivity index (χ2v) is 7.37. The number of fused-ring (bicyclic) bond motifs is 1. The monoisotopic (exact) mass is 447 g/mol. The number of esters is 2. The Morgan fingerprint density at radius 1 is 1.09 bits per heavy atom. The summed E-state index contributed by atoms with van der Waals surface area (Å²) < 4.78 is 33.7. The van der Waals surface area contributed by atoms with Crippen LogP contribution < -0.4 is 14.8 Å². The number of aliphatic hydroxyl groups excluding tert-OH is 1. The fraction of sp³-hybridized carbons (Fsp3) is 0.391. The molecule has 8 nitrogen and oxygen atoms in total. The summed E-state index contributed by atoms with van der Waals surface area (Å²) in [5.74, 6) is -4.35. The molecule has 0 saturated carbocycles. The topological polar surface area (TPSA) is 103 Å². The molecule has 0 aromatic heterocycles. The van der Waals surface area contributed by atoms with Crippen molar-refractivity contribution in [3.8, 4) is 11.5 Å². The van der Waals surface area contributed by atoms with Crippen LogP contribution >= 0.6 is 0 Å². The van der Waals surface area contributed by atoms with Crippen LogP contribution in [0.15, 0.2) is 42.5 Å². The second kappa shape index (κ2) is 9.97.